The maximum Gasteiger partial charge on any atom is 0.207 e. The summed E-state index contributed by atoms with van der Waals surface area (Å²) < 4.78 is 2.07. The first-order valence-electron chi connectivity index (χ1n) is 5.39. The topological polar surface area (TPSA) is 47.1 Å². The summed E-state index contributed by atoms with van der Waals surface area (Å²) in [4.78, 5) is 6.71. The molecule has 14 heavy (non-hydrogen) atoms. The van der Waals surface area contributed by atoms with Crippen molar-refractivity contribution >= 4 is 11.8 Å². The molecule has 0 spiro atoms. The molecule has 1 fully saturated rings. The van der Waals surface area contributed by atoms with Crippen molar-refractivity contribution in [2.45, 2.75) is 32.7 Å². The molecule has 0 saturated carbocycles. The van der Waals surface area contributed by atoms with Gasteiger partial charge in [-0.2, -0.15) is 0 Å². The van der Waals surface area contributed by atoms with Gasteiger partial charge in [-0.05, 0) is 26.2 Å². The van der Waals surface area contributed by atoms with E-state index in [9.17, 15) is 0 Å². The number of hydrogen-bond donors (Lipinski definition) is 1. The van der Waals surface area contributed by atoms with Crippen molar-refractivity contribution in [3.8, 4) is 0 Å². The number of aromatic nitrogens is 2. The van der Waals surface area contributed by atoms with E-state index in [1.165, 1.54) is 19.3 Å². The molecule has 4 nitrogen and oxygen atoms in total. The lowest BCUT2D eigenvalue weighted by Gasteiger charge is -2.28. The first-order valence-corrected chi connectivity index (χ1v) is 5.39. The van der Waals surface area contributed by atoms with Crippen LogP contribution in [0.15, 0.2) is 6.20 Å². The van der Waals surface area contributed by atoms with Crippen molar-refractivity contribution in [3.63, 3.8) is 0 Å². The molecule has 0 radical (unpaired) electrons. The van der Waals surface area contributed by atoms with Crippen molar-refractivity contribution in [1.29, 1.82) is 0 Å². The maximum atomic E-state index is 5.83. The van der Waals surface area contributed by atoms with E-state index in [-0.39, 0.29) is 0 Å². The molecule has 1 aliphatic heterocycles. The Morgan fingerprint density at radius 3 is 2.71 bits per heavy atom. The molecule has 0 bridgehead atoms. The molecule has 1 aromatic heterocycles. The van der Waals surface area contributed by atoms with Crippen molar-refractivity contribution in [1.82, 2.24) is 9.55 Å². The Hall–Kier alpha value is -1.19. The van der Waals surface area contributed by atoms with Gasteiger partial charge in [0, 0.05) is 19.6 Å². The number of hydrogen-bond acceptors (Lipinski definition) is 3. The Morgan fingerprint density at radius 1 is 1.36 bits per heavy atom. The quantitative estimate of drug-likeness (QED) is 0.775. The van der Waals surface area contributed by atoms with E-state index in [1.807, 2.05) is 0 Å². The number of nitrogen functional groups attached to an aromatic ring is 1. The smallest absolute Gasteiger partial charge is 0.207 e. The SMILES string of the molecule is CCn1c(N)cnc1N1CCCCC1. The Balaban J connectivity index is 2.21. The minimum absolute atomic E-state index is 0.771. The first kappa shape index (κ1) is 9.37. The lowest BCUT2D eigenvalue weighted by atomic mass is 10.1. The summed E-state index contributed by atoms with van der Waals surface area (Å²) in [5.74, 6) is 1.82. The second kappa shape index (κ2) is 3.90. The number of nitrogens with zero attached hydrogens (tertiary/aromatic N) is 3. The number of imidazole rings is 1. The van der Waals surface area contributed by atoms with Crippen LogP contribution in [0.1, 0.15) is 26.2 Å². The minimum atomic E-state index is 0.771. The fraction of sp³-hybridized carbons (Fsp3) is 0.700. The standard InChI is InChI=1S/C10H18N4/c1-2-14-9(11)8-12-10(14)13-6-4-3-5-7-13/h8H,2-7,11H2,1H3. The third kappa shape index (κ3) is 1.56. The fourth-order valence-electron chi connectivity index (χ4n) is 2.05. The second-order valence-electron chi connectivity index (χ2n) is 3.78. The van der Waals surface area contributed by atoms with Gasteiger partial charge in [-0.1, -0.05) is 0 Å². The monoisotopic (exact) mass is 194 g/mol. The van der Waals surface area contributed by atoms with Gasteiger partial charge in [-0.3, -0.25) is 4.57 Å². The molecular formula is C10H18N4. The minimum Gasteiger partial charge on any atom is -0.384 e. The molecular weight excluding hydrogens is 176 g/mol. The van der Waals surface area contributed by atoms with E-state index in [0.717, 1.165) is 31.4 Å². The molecule has 0 aromatic carbocycles. The molecule has 1 aliphatic rings. The lowest BCUT2D eigenvalue weighted by Crippen LogP contribution is -2.32. The van der Waals surface area contributed by atoms with E-state index in [0.29, 0.717) is 0 Å². The van der Waals surface area contributed by atoms with Gasteiger partial charge >= 0.3 is 0 Å². The second-order valence-corrected chi connectivity index (χ2v) is 3.78. The van der Waals surface area contributed by atoms with Crippen LogP contribution in [0.25, 0.3) is 0 Å². The van der Waals surface area contributed by atoms with Crippen LogP contribution < -0.4 is 10.6 Å². The highest BCUT2D eigenvalue weighted by Crippen LogP contribution is 2.20. The molecule has 0 aliphatic carbocycles. The average Bonchev–Trinajstić information content (AvgIpc) is 2.61. The van der Waals surface area contributed by atoms with Crippen molar-refractivity contribution in [2.75, 3.05) is 23.7 Å². The van der Waals surface area contributed by atoms with Gasteiger partial charge in [0.25, 0.3) is 0 Å². The van der Waals surface area contributed by atoms with Gasteiger partial charge in [-0.25, -0.2) is 4.98 Å². The highest BCUT2D eigenvalue weighted by molar-refractivity contribution is 5.42. The highest BCUT2D eigenvalue weighted by Gasteiger charge is 2.16. The van der Waals surface area contributed by atoms with Crippen molar-refractivity contribution < 1.29 is 0 Å². The molecule has 2 rings (SSSR count). The van der Waals surface area contributed by atoms with Crippen LogP contribution in [0.3, 0.4) is 0 Å². The van der Waals surface area contributed by atoms with Gasteiger partial charge in [0.2, 0.25) is 5.95 Å². The van der Waals surface area contributed by atoms with E-state index in [1.54, 1.807) is 6.20 Å². The molecule has 1 saturated heterocycles. The van der Waals surface area contributed by atoms with Gasteiger partial charge in [0.05, 0.1) is 6.20 Å². The van der Waals surface area contributed by atoms with E-state index < -0.39 is 0 Å². The van der Waals surface area contributed by atoms with Gasteiger partial charge in [0.15, 0.2) is 0 Å². The molecule has 0 amide bonds. The first-order chi connectivity index (χ1) is 6.83. The summed E-state index contributed by atoms with van der Waals surface area (Å²) in [6, 6.07) is 0. The largest absolute Gasteiger partial charge is 0.384 e. The Bertz CT molecular complexity index is 299. The number of anilines is 2. The van der Waals surface area contributed by atoms with Crippen LogP contribution in [0.5, 0.6) is 0 Å². The average molecular weight is 194 g/mol. The molecule has 2 N–H and O–H groups in total. The molecule has 2 heterocycles. The Labute approximate surface area is 84.7 Å². The lowest BCUT2D eigenvalue weighted by molar-refractivity contribution is 0.557. The number of nitrogens with two attached hydrogens (primary N) is 1. The summed E-state index contributed by atoms with van der Waals surface area (Å²) in [6.07, 6.45) is 5.65. The highest BCUT2D eigenvalue weighted by atomic mass is 15.3. The van der Waals surface area contributed by atoms with Gasteiger partial charge in [-0.15, -0.1) is 0 Å². The van der Waals surface area contributed by atoms with E-state index in [4.69, 9.17) is 5.73 Å². The van der Waals surface area contributed by atoms with Crippen LogP contribution in [0.2, 0.25) is 0 Å². The van der Waals surface area contributed by atoms with E-state index >= 15 is 0 Å². The zero-order valence-electron chi connectivity index (χ0n) is 8.74. The summed E-state index contributed by atoms with van der Waals surface area (Å²) in [5, 5.41) is 0. The molecule has 1 aromatic rings. The van der Waals surface area contributed by atoms with Crippen LogP contribution in [0, 0.1) is 0 Å². The third-order valence-electron chi connectivity index (χ3n) is 2.82. The van der Waals surface area contributed by atoms with Gasteiger partial charge in [0.1, 0.15) is 5.82 Å². The number of rotatable bonds is 2. The maximum absolute atomic E-state index is 5.83. The summed E-state index contributed by atoms with van der Waals surface area (Å²) in [5.41, 5.74) is 5.83. The van der Waals surface area contributed by atoms with Gasteiger partial charge < -0.3 is 10.6 Å². The summed E-state index contributed by atoms with van der Waals surface area (Å²) in [6.45, 7) is 5.25. The fourth-order valence-corrected chi connectivity index (χ4v) is 2.05. The van der Waals surface area contributed by atoms with Crippen LogP contribution in [-0.2, 0) is 6.54 Å². The van der Waals surface area contributed by atoms with Crippen LogP contribution in [0.4, 0.5) is 11.8 Å². The molecule has 0 atom stereocenters. The Morgan fingerprint density at radius 2 is 2.07 bits per heavy atom. The predicted octanol–water partition coefficient (Wildman–Crippen LogP) is 1.48. The zero-order chi connectivity index (χ0) is 9.97. The predicted molar refractivity (Wildman–Crippen MR) is 58.4 cm³/mol. The van der Waals surface area contributed by atoms with Crippen molar-refractivity contribution in [2.24, 2.45) is 0 Å². The summed E-state index contributed by atoms with van der Waals surface area (Å²) in [7, 11) is 0. The third-order valence-corrected chi connectivity index (χ3v) is 2.82. The molecule has 0 unspecified atom stereocenters. The van der Waals surface area contributed by atoms with Crippen LogP contribution in [-0.4, -0.2) is 22.6 Å². The van der Waals surface area contributed by atoms with E-state index in [2.05, 4.69) is 21.4 Å². The van der Waals surface area contributed by atoms with Crippen molar-refractivity contribution in [3.05, 3.63) is 6.20 Å². The van der Waals surface area contributed by atoms with Crippen LogP contribution >= 0.6 is 0 Å². The normalized spacial score (nSPS) is 17.4. The molecule has 4 heteroatoms. The summed E-state index contributed by atoms with van der Waals surface area (Å²) >= 11 is 0. The zero-order valence-corrected chi connectivity index (χ0v) is 8.74. The molecule has 78 valence electrons. The number of piperidine rings is 1. The Kier molecular flexibility index (Phi) is 2.61.